The molecule has 0 spiro atoms. The van der Waals surface area contributed by atoms with Gasteiger partial charge in [0, 0.05) is 6.54 Å². The second kappa shape index (κ2) is 7.27. The quantitative estimate of drug-likeness (QED) is 0.806. The first-order chi connectivity index (χ1) is 8.56. The maximum absolute atomic E-state index is 12.0. The lowest BCUT2D eigenvalue weighted by molar-refractivity contribution is 0.0948. The molecule has 1 unspecified atom stereocenters. The van der Waals surface area contributed by atoms with Gasteiger partial charge in [0.25, 0.3) is 5.91 Å². The summed E-state index contributed by atoms with van der Waals surface area (Å²) >= 11 is 6.10. The Bertz CT molecular complexity index is 393. The predicted molar refractivity (Wildman–Crippen MR) is 74.4 cm³/mol. The molecule has 0 aliphatic carbocycles. The number of para-hydroxylation sites is 1. The zero-order chi connectivity index (χ0) is 13.5. The van der Waals surface area contributed by atoms with E-state index in [1.54, 1.807) is 12.1 Å². The molecule has 1 N–H and O–H groups in total. The van der Waals surface area contributed by atoms with E-state index in [0.29, 0.717) is 30.4 Å². The summed E-state index contributed by atoms with van der Waals surface area (Å²) in [5.74, 6) is 0.785. The molecule has 4 heteroatoms. The zero-order valence-electron chi connectivity index (χ0n) is 11.1. The molecule has 0 heterocycles. The van der Waals surface area contributed by atoms with Crippen LogP contribution in [0, 0.1) is 5.92 Å². The number of hydrogen-bond donors (Lipinski definition) is 1. The van der Waals surface area contributed by atoms with Crippen LogP contribution in [0.4, 0.5) is 0 Å². The van der Waals surface area contributed by atoms with Crippen molar-refractivity contribution in [3.8, 4) is 5.75 Å². The smallest absolute Gasteiger partial charge is 0.255 e. The van der Waals surface area contributed by atoms with Gasteiger partial charge in [-0.25, -0.2) is 0 Å². The third-order valence-corrected chi connectivity index (χ3v) is 3.27. The van der Waals surface area contributed by atoms with Crippen molar-refractivity contribution in [2.45, 2.75) is 26.1 Å². The van der Waals surface area contributed by atoms with Gasteiger partial charge < -0.3 is 10.1 Å². The SMILES string of the molecule is CCOc1ccccc1C(=O)NCC(Cl)C(C)C. The maximum atomic E-state index is 12.0. The number of amides is 1. The highest BCUT2D eigenvalue weighted by atomic mass is 35.5. The van der Waals surface area contributed by atoms with E-state index in [2.05, 4.69) is 5.32 Å². The van der Waals surface area contributed by atoms with Gasteiger partial charge in [-0.15, -0.1) is 11.6 Å². The van der Waals surface area contributed by atoms with E-state index in [9.17, 15) is 4.79 Å². The number of halogens is 1. The number of carbonyl (C=O) groups is 1. The van der Waals surface area contributed by atoms with E-state index in [-0.39, 0.29) is 11.3 Å². The Morgan fingerprint density at radius 1 is 1.39 bits per heavy atom. The van der Waals surface area contributed by atoms with Crippen molar-refractivity contribution < 1.29 is 9.53 Å². The first kappa shape index (κ1) is 14.8. The fraction of sp³-hybridized carbons (Fsp3) is 0.500. The molecule has 1 amide bonds. The first-order valence-electron chi connectivity index (χ1n) is 6.20. The van der Waals surface area contributed by atoms with Crippen LogP contribution in [-0.2, 0) is 0 Å². The molecule has 100 valence electrons. The molecule has 0 aliphatic heterocycles. The molecular formula is C14H20ClNO2. The van der Waals surface area contributed by atoms with Crippen molar-refractivity contribution in [2.75, 3.05) is 13.2 Å². The summed E-state index contributed by atoms with van der Waals surface area (Å²) in [5, 5.41) is 2.77. The van der Waals surface area contributed by atoms with Crippen molar-refractivity contribution in [1.82, 2.24) is 5.32 Å². The second-order valence-electron chi connectivity index (χ2n) is 4.40. The summed E-state index contributed by atoms with van der Waals surface area (Å²) in [6.45, 7) is 6.94. The molecule has 0 aliphatic rings. The van der Waals surface area contributed by atoms with Crippen LogP contribution in [0.3, 0.4) is 0 Å². The number of carbonyl (C=O) groups excluding carboxylic acids is 1. The molecule has 0 radical (unpaired) electrons. The summed E-state index contributed by atoms with van der Waals surface area (Å²) in [6, 6.07) is 7.20. The molecule has 1 atom stereocenters. The normalized spacial score (nSPS) is 12.3. The fourth-order valence-electron chi connectivity index (χ4n) is 1.46. The van der Waals surface area contributed by atoms with E-state index in [0.717, 1.165) is 0 Å². The van der Waals surface area contributed by atoms with Crippen LogP contribution < -0.4 is 10.1 Å². The standard InChI is InChI=1S/C14H20ClNO2/c1-4-18-13-8-6-5-7-11(13)14(17)16-9-12(15)10(2)3/h5-8,10,12H,4,9H2,1-3H3,(H,16,17). The van der Waals surface area contributed by atoms with Crippen molar-refractivity contribution in [3.05, 3.63) is 29.8 Å². The maximum Gasteiger partial charge on any atom is 0.255 e. The van der Waals surface area contributed by atoms with Gasteiger partial charge in [-0.3, -0.25) is 4.79 Å². The number of ether oxygens (including phenoxy) is 1. The summed E-state index contributed by atoms with van der Waals surface area (Å²) in [5.41, 5.74) is 0.548. The Balaban J connectivity index is 2.66. The average Bonchev–Trinajstić information content (AvgIpc) is 2.36. The van der Waals surface area contributed by atoms with Crippen LogP contribution in [0.2, 0.25) is 0 Å². The van der Waals surface area contributed by atoms with Crippen LogP contribution in [0.15, 0.2) is 24.3 Å². The highest BCUT2D eigenvalue weighted by Gasteiger charge is 2.14. The monoisotopic (exact) mass is 269 g/mol. The first-order valence-corrected chi connectivity index (χ1v) is 6.64. The molecule has 0 aromatic heterocycles. The van der Waals surface area contributed by atoms with E-state index in [4.69, 9.17) is 16.3 Å². The molecular weight excluding hydrogens is 250 g/mol. The Morgan fingerprint density at radius 2 is 2.06 bits per heavy atom. The Kier molecular flexibility index (Phi) is 5.99. The van der Waals surface area contributed by atoms with Crippen LogP contribution in [-0.4, -0.2) is 24.4 Å². The van der Waals surface area contributed by atoms with Crippen molar-refractivity contribution in [1.29, 1.82) is 0 Å². The van der Waals surface area contributed by atoms with Crippen molar-refractivity contribution in [3.63, 3.8) is 0 Å². The molecule has 18 heavy (non-hydrogen) atoms. The predicted octanol–water partition coefficient (Wildman–Crippen LogP) is 3.08. The third kappa shape index (κ3) is 4.22. The minimum Gasteiger partial charge on any atom is -0.493 e. The van der Waals surface area contributed by atoms with Crippen molar-refractivity contribution >= 4 is 17.5 Å². The Morgan fingerprint density at radius 3 is 2.67 bits per heavy atom. The Hall–Kier alpha value is -1.22. The summed E-state index contributed by atoms with van der Waals surface area (Å²) in [7, 11) is 0. The molecule has 0 saturated heterocycles. The van der Waals surface area contributed by atoms with Gasteiger partial charge in [0.2, 0.25) is 0 Å². The zero-order valence-corrected chi connectivity index (χ0v) is 11.8. The number of nitrogens with one attached hydrogen (secondary N) is 1. The minimum atomic E-state index is -0.148. The summed E-state index contributed by atoms with van der Waals surface area (Å²) in [6.07, 6.45) is 0. The lowest BCUT2D eigenvalue weighted by atomic mass is 10.1. The van der Waals surface area contributed by atoms with E-state index >= 15 is 0 Å². The van der Waals surface area contributed by atoms with Gasteiger partial charge in [-0.05, 0) is 25.0 Å². The molecule has 3 nitrogen and oxygen atoms in total. The van der Waals surface area contributed by atoms with E-state index in [1.807, 2.05) is 32.9 Å². The van der Waals surface area contributed by atoms with Crippen molar-refractivity contribution in [2.24, 2.45) is 5.92 Å². The lowest BCUT2D eigenvalue weighted by Crippen LogP contribution is -2.32. The summed E-state index contributed by atoms with van der Waals surface area (Å²) < 4.78 is 5.42. The van der Waals surface area contributed by atoms with Crippen LogP contribution >= 0.6 is 11.6 Å². The van der Waals surface area contributed by atoms with Gasteiger partial charge >= 0.3 is 0 Å². The van der Waals surface area contributed by atoms with Gasteiger partial charge in [0.15, 0.2) is 0 Å². The van der Waals surface area contributed by atoms with Gasteiger partial charge in [0.1, 0.15) is 5.75 Å². The fourth-order valence-corrected chi connectivity index (χ4v) is 1.53. The average molecular weight is 270 g/mol. The van der Waals surface area contributed by atoms with E-state index < -0.39 is 0 Å². The molecule has 0 saturated carbocycles. The van der Waals surface area contributed by atoms with Crippen LogP contribution in [0.5, 0.6) is 5.75 Å². The molecule has 1 aromatic rings. The second-order valence-corrected chi connectivity index (χ2v) is 4.96. The number of rotatable bonds is 6. The largest absolute Gasteiger partial charge is 0.493 e. The highest BCUT2D eigenvalue weighted by molar-refractivity contribution is 6.21. The highest BCUT2D eigenvalue weighted by Crippen LogP contribution is 2.18. The number of hydrogen-bond acceptors (Lipinski definition) is 2. The van der Waals surface area contributed by atoms with Crippen LogP contribution in [0.1, 0.15) is 31.1 Å². The minimum absolute atomic E-state index is 0.0618. The number of alkyl halides is 1. The summed E-state index contributed by atoms with van der Waals surface area (Å²) in [4.78, 5) is 12.0. The van der Waals surface area contributed by atoms with Gasteiger partial charge in [-0.2, -0.15) is 0 Å². The van der Waals surface area contributed by atoms with Gasteiger partial charge in [-0.1, -0.05) is 26.0 Å². The topological polar surface area (TPSA) is 38.3 Å². The third-order valence-electron chi connectivity index (χ3n) is 2.61. The Labute approximate surface area is 113 Å². The molecule has 0 bridgehead atoms. The molecule has 1 rings (SSSR count). The van der Waals surface area contributed by atoms with Crippen LogP contribution in [0.25, 0.3) is 0 Å². The number of benzene rings is 1. The molecule has 0 fully saturated rings. The molecule has 1 aromatic carbocycles. The lowest BCUT2D eigenvalue weighted by Gasteiger charge is -2.15. The van der Waals surface area contributed by atoms with E-state index in [1.165, 1.54) is 0 Å². The van der Waals surface area contributed by atoms with Gasteiger partial charge in [0.05, 0.1) is 17.5 Å².